The Labute approximate surface area is 207 Å². The third-order valence-corrected chi connectivity index (χ3v) is 8.62. The summed E-state index contributed by atoms with van der Waals surface area (Å²) in [6.07, 6.45) is 0.533. The van der Waals surface area contributed by atoms with Crippen molar-refractivity contribution in [3.05, 3.63) is 63.9 Å². The molecule has 33 heavy (non-hydrogen) atoms. The van der Waals surface area contributed by atoms with Crippen molar-refractivity contribution < 1.29 is 13.2 Å². The fraction of sp³-hybridized carbons (Fsp3) is 0.318. The van der Waals surface area contributed by atoms with Crippen molar-refractivity contribution >= 4 is 56.4 Å². The third-order valence-electron chi connectivity index (χ3n) is 4.91. The number of halogens is 2. The summed E-state index contributed by atoms with van der Waals surface area (Å²) < 4.78 is 27.4. The third kappa shape index (κ3) is 6.29. The van der Waals surface area contributed by atoms with E-state index < -0.39 is 15.1 Å². The zero-order chi connectivity index (χ0) is 24.2. The van der Waals surface area contributed by atoms with Crippen LogP contribution in [0.3, 0.4) is 0 Å². The van der Waals surface area contributed by atoms with Gasteiger partial charge in [0.15, 0.2) is 15.0 Å². The zero-order valence-electron chi connectivity index (χ0n) is 18.4. The SMILES string of the molecule is CCC(Sc1nnc(CS(=O)(=O)c2ccc(C)cc2)n1CC)C(=O)Nc1ccc(Cl)c(Cl)c1. The quantitative estimate of drug-likeness (QED) is 0.375. The van der Waals surface area contributed by atoms with E-state index in [2.05, 4.69) is 15.5 Å². The van der Waals surface area contributed by atoms with Crippen LogP contribution in [0, 0.1) is 6.92 Å². The number of nitrogens with one attached hydrogen (secondary N) is 1. The van der Waals surface area contributed by atoms with Gasteiger partial charge in [0.05, 0.1) is 20.2 Å². The maximum atomic E-state index is 12.9. The van der Waals surface area contributed by atoms with E-state index in [0.29, 0.717) is 39.7 Å². The first-order chi connectivity index (χ1) is 15.6. The fourth-order valence-electron chi connectivity index (χ4n) is 3.08. The van der Waals surface area contributed by atoms with Crippen LogP contribution in [-0.4, -0.2) is 34.3 Å². The van der Waals surface area contributed by atoms with E-state index in [-0.39, 0.29) is 16.6 Å². The largest absolute Gasteiger partial charge is 0.325 e. The average Bonchev–Trinajstić information content (AvgIpc) is 3.15. The van der Waals surface area contributed by atoms with Gasteiger partial charge in [-0.25, -0.2) is 8.42 Å². The van der Waals surface area contributed by atoms with Crippen LogP contribution in [0.2, 0.25) is 10.0 Å². The van der Waals surface area contributed by atoms with Crippen molar-refractivity contribution in [2.24, 2.45) is 0 Å². The fourth-order valence-corrected chi connectivity index (χ4v) is 5.68. The minimum Gasteiger partial charge on any atom is -0.325 e. The molecule has 1 heterocycles. The minimum absolute atomic E-state index is 0.222. The minimum atomic E-state index is -3.58. The highest BCUT2D eigenvalue weighted by atomic mass is 35.5. The molecule has 0 bridgehead atoms. The van der Waals surface area contributed by atoms with Gasteiger partial charge >= 0.3 is 0 Å². The van der Waals surface area contributed by atoms with Crippen LogP contribution in [-0.2, 0) is 26.9 Å². The lowest BCUT2D eigenvalue weighted by atomic mass is 10.2. The van der Waals surface area contributed by atoms with Gasteiger partial charge in [-0.1, -0.05) is 59.6 Å². The molecule has 0 aliphatic carbocycles. The van der Waals surface area contributed by atoms with Gasteiger partial charge in [-0.15, -0.1) is 10.2 Å². The van der Waals surface area contributed by atoms with Crippen molar-refractivity contribution in [3.8, 4) is 0 Å². The predicted octanol–water partition coefficient (Wildman–Crippen LogP) is 5.40. The Morgan fingerprint density at radius 3 is 2.39 bits per heavy atom. The molecule has 0 aliphatic rings. The second kappa shape index (κ2) is 10.9. The van der Waals surface area contributed by atoms with Crippen LogP contribution in [0.1, 0.15) is 31.7 Å². The van der Waals surface area contributed by atoms with E-state index in [1.807, 2.05) is 20.8 Å². The van der Waals surface area contributed by atoms with Crippen LogP contribution >= 0.6 is 35.0 Å². The Balaban J connectivity index is 1.77. The number of carbonyl (C=O) groups is 1. The molecule has 0 saturated heterocycles. The van der Waals surface area contributed by atoms with E-state index in [0.717, 1.165) is 5.56 Å². The molecule has 7 nitrogen and oxygen atoms in total. The molecule has 0 saturated carbocycles. The predicted molar refractivity (Wildman–Crippen MR) is 133 cm³/mol. The second-order valence-electron chi connectivity index (χ2n) is 7.35. The number of rotatable bonds is 9. The molecular formula is C22H24Cl2N4O3S2. The number of anilines is 1. The molecule has 2 aromatic carbocycles. The Morgan fingerprint density at radius 2 is 1.79 bits per heavy atom. The smallest absolute Gasteiger partial charge is 0.237 e. The van der Waals surface area contributed by atoms with Gasteiger partial charge in [-0.3, -0.25) is 4.79 Å². The number of hydrogen-bond acceptors (Lipinski definition) is 6. The monoisotopic (exact) mass is 526 g/mol. The molecule has 0 fully saturated rings. The molecule has 1 atom stereocenters. The van der Waals surface area contributed by atoms with Crippen molar-refractivity contribution in [1.29, 1.82) is 0 Å². The lowest BCUT2D eigenvalue weighted by Gasteiger charge is -2.15. The number of hydrogen-bond donors (Lipinski definition) is 1. The molecule has 1 N–H and O–H groups in total. The molecule has 0 spiro atoms. The number of benzene rings is 2. The van der Waals surface area contributed by atoms with E-state index in [1.54, 1.807) is 47.0 Å². The highest BCUT2D eigenvalue weighted by molar-refractivity contribution is 8.00. The number of thioether (sulfide) groups is 1. The van der Waals surface area contributed by atoms with E-state index in [9.17, 15) is 13.2 Å². The lowest BCUT2D eigenvalue weighted by molar-refractivity contribution is -0.115. The van der Waals surface area contributed by atoms with Gasteiger partial charge in [-0.2, -0.15) is 0 Å². The first-order valence-corrected chi connectivity index (χ1v) is 13.6. The van der Waals surface area contributed by atoms with E-state index >= 15 is 0 Å². The highest BCUT2D eigenvalue weighted by Gasteiger charge is 2.25. The Bertz CT molecular complexity index is 1250. The molecule has 176 valence electrons. The van der Waals surface area contributed by atoms with Crippen LogP contribution in [0.25, 0.3) is 0 Å². The Hall–Kier alpha value is -2.07. The first kappa shape index (κ1) is 25.6. The summed E-state index contributed by atoms with van der Waals surface area (Å²) in [6.45, 7) is 6.14. The normalized spacial score (nSPS) is 12.5. The van der Waals surface area contributed by atoms with Gasteiger partial charge in [-0.05, 0) is 50.6 Å². The lowest BCUT2D eigenvalue weighted by Crippen LogP contribution is -2.25. The molecule has 3 rings (SSSR count). The standard InChI is InChI=1S/C22H24Cl2N4O3S2/c1-4-19(21(29)25-15-8-11-17(23)18(24)12-15)32-22-27-26-20(28(22)5-2)13-33(30,31)16-9-6-14(3)7-10-16/h6-12,19H,4-5,13H2,1-3H3,(H,25,29). The van der Waals surface area contributed by atoms with E-state index in [1.165, 1.54) is 11.8 Å². The molecule has 3 aromatic rings. The van der Waals surface area contributed by atoms with Gasteiger partial charge in [0.25, 0.3) is 0 Å². The number of nitrogens with zero attached hydrogens (tertiary/aromatic N) is 3. The molecular weight excluding hydrogens is 503 g/mol. The van der Waals surface area contributed by atoms with Crippen LogP contribution in [0.4, 0.5) is 5.69 Å². The van der Waals surface area contributed by atoms with Crippen molar-refractivity contribution in [1.82, 2.24) is 14.8 Å². The summed E-state index contributed by atoms with van der Waals surface area (Å²) in [7, 11) is -3.58. The van der Waals surface area contributed by atoms with Crippen molar-refractivity contribution in [3.63, 3.8) is 0 Å². The Kier molecular flexibility index (Phi) is 8.44. The number of carbonyl (C=O) groups excluding carboxylic acids is 1. The maximum Gasteiger partial charge on any atom is 0.237 e. The van der Waals surface area contributed by atoms with Crippen molar-refractivity contribution in [2.75, 3.05) is 5.32 Å². The number of sulfone groups is 1. The zero-order valence-corrected chi connectivity index (χ0v) is 21.5. The Morgan fingerprint density at radius 1 is 1.09 bits per heavy atom. The summed E-state index contributed by atoms with van der Waals surface area (Å²) >= 11 is 13.2. The maximum absolute atomic E-state index is 12.9. The number of aromatic nitrogens is 3. The van der Waals surface area contributed by atoms with Crippen LogP contribution < -0.4 is 5.32 Å². The van der Waals surface area contributed by atoms with Crippen molar-refractivity contribution in [2.45, 2.75) is 54.8 Å². The molecule has 1 unspecified atom stereocenters. The highest BCUT2D eigenvalue weighted by Crippen LogP contribution is 2.29. The summed E-state index contributed by atoms with van der Waals surface area (Å²) in [5.41, 5.74) is 1.52. The van der Waals surface area contributed by atoms with E-state index in [4.69, 9.17) is 23.2 Å². The van der Waals surface area contributed by atoms with Gasteiger partial charge in [0, 0.05) is 12.2 Å². The molecule has 1 aromatic heterocycles. The number of aryl methyl sites for hydroxylation is 1. The van der Waals surface area contributed by atoms with Gasteiger partial charge in [0.2, 0.25) is 5.91 Å². The number of amides is 1. The summed E-state index contributed by atoms with van der Waals surface area (Å²) in [5, 5.41) is 11.9. The summed E-state index contributed by atoms with van der Waals surface area (Å²) in [6, 6.07) is 11.6. The molecule has 1 amide bonds. The summed E-state index contributed by atoms with van der Waals surface area (Å²) in [4.78, 5) is 13.1. The van der Waals surface area contributed by atoms with Crippen LogP contribution in [0.15, 0.2) is 52.5 Å². The molecule has 0 radical (unpaired) electrons. The van der Waals surface area contributed by atoms with Gasteiger partial charge in [0.1, 0.15) is 11.6 Å². The van der Waals surface area contributed by atoms with Gasteiger partial charge < -0.3 is 9.88 Å². The van der Waals surface area contributed by atoms with Crippen LogP contribution in [0.5, 0.6) is 0 Å². The summed E-state index contributed by atoms with van der Waals surface area (Å²) in [5.74, 6) is -0.162. The second-order valence-corrected chi connectivity index (χ2v) is 11.3. The molecule has 11 heteroatoms. The molecule has 0 aliphatic heterocycles. The topological polar surface area (TPSA) is 93.9 Å². The first-order valence-electron chi connectivity index (χ1n) is 10.3. The average molecular weight is 527 g/mol.